The van der Waals surface area contributed by atoms with Crippen molar-refractivity contribution in [2.24, 2.45) is 0 Å². The molecule has 1 aliphatic rings. The van der Waals surface area contributed by atoms with Gasteiger partial charge in [0.05, 0.1) is 11.0 Å². The van der Waals surface area contributed by atoms with Crippen molar-refractivity contribution in [3.05, 3.63) is 66.5 Å². The molecule has 2 heterocycles. The number of nitrogens with zero attached hydrogens (tertiary/aromatic N) is 3. The van der Waals surface area contributed by atoms with E-state index in [1.54, 1.807) is 22.0 Å². The zero-order valence-electron chi connectivity index (χ0n) is 14.1. The number of amides is 2. The van der Waals surface area contributed by atoms with Gasteiger partial charge in [-0.15, -0.1) is 0 Å². The van der Waals surface area contributed by atoms with Gasteiger partial charge in [-0.25, -0.2) is 9.66 Å². The Morgan fingerprint density at radius 1 is 1.12 bits per heavy atom. The standard InChI is InChI=1S/C20H18N4O2/c25-19(22-24-14-21-17-4-1-2-5-18(17)24)12-9-15-7-10-16(11-8-15)23-13-3-6-20(23)26/h1-2,4-5,7-12,14H,3,6,13H2,(H,22,25)/b12-9+. The van der Waals surface area contributed by atoms with E-state index in [0.717, 1.165) is 35.2 Å². The molecule has 1 aliphatic heterocycles. The summed E-state index contributed by atoms with van der Waals surface area (Å²) in [7, 11) is 0. The molecule has 0 spiro atoms. The summed E-state index contributed by atoms with van der Waals surface area (Å²) in [5, 5.41) is 0. The summed E-state index contributed by atoms with van der Waals surface area (Å²) in [5.41, 5.74) is 6.23. The number of fused-ring (bicyclic) bond motifs is 1. The second-order valence-electron chi connectivity index (χ2n) is 6.15. The van der Waals surface area contributed by atoms with Gasteiger partial charge in [-0.3, -0.25) is 15.0 Å². The zero-order chi connectivity index (χ0) is 17.9. The Labute approximate surface area is 150 Å². The van der Waals surface area contributed by atoms with Gasteiger partial charge in [0.15, 0.2) is 0 Å². The minimum atomic E-state index is -0.244. The van der Waals surface area contributed by atoms with E-state index < -0.39 is 0 Å². The number of imidazole rings is 1. The molecule has 0 saturated carbocycles. The Balaban J connectivity index is 1.42. The number of carbonyl (C=O) groups excluding carboxylic acids is 2. The Kier molecular flexibility index (Phi) is 4.23. The van der Waals surface area contributed by atoms with Gasteiger partial charge in [0.25, 0.3) is 5.91 Å². The van der Waals surface area contributed by atoms with E-state index in [1.165, 1.54) is 6.08 Å². The molecule has 1 fully saturated rings. The van der Waals surface area contributed by atoms with Gasteiger partial charge in [-0.1, -0.05) is 24.3 Å². The highest BCUT2D eigenvalue weighted by molar-refractivity contribution is 5.98. The number of aromatic nitrogens is 2. The van der Waals surface area contributed by atoms with E-state index in [9.17, 15) is 9.59 Å². The average molecular weight is 346 g/mol. The predicted molar refractivity (Wildman–Crippen MR) is 101 cm³/mol. The lowest BCUT2D eigenvalue weighted by Gasteiger charge is -2.15. The molecule has 6 nitrogen and oxygen atoms in total. The first-order valence-electron chi connectivity index (χ1n) is 8.52. The number of para-hydroxylation sites is 2. The van der Waals surface area contributed by atoms with E-state index in [4.69, 9.17) is 0 Å². The van der Waals surface area contributed by atoms with Crippen LogP contribution in [0.25, 0.3) is 17.1 Å². The highest BCUT2D eigenvalue weighted by Gasteiger charge is 2.21. The van der Waals surface area contributed by atoms with Gasteiger partial charge >= 0.3 is 0 Å². The predicted octanol–water partition coefficient (Wildman–Crippen LogP) is 2.95. The van der Waals surface area contributed by atoms with E-state index in [2.05, 4.69) is 10.4 Å². The Morgan fingerprint density at radius 2 is 1.92 bits per heavy atom. The molecule has 4 rings (SSSR count). The van der Waals surface area contributed by atoms with Crippen LogP contribution in [0.4, 0.5) is 5.69 Å². The van der Waals surface area contributed by atoms with Crippen molar-refractivity contribution in [1.29, 1.82) is 0 Å². The third-order valence-electron chi connectivity index (χ3n) is 4.39. The molecule has 2 aromatic carbocycles. The summed E-state index contributed by atoms with van der Waals surface area (Å²) in [5.74, 6) is -0.0767. The average Bonchev–Trinajstić information content (AvgIpc) is 3.27. The lowest BCUT2D eigenvalue weighted by Crippen LogP contribution is -2.23. The molecule has 1 saturated heterocycles. The Morgan fingerprint density at radius 3 is 2.69 bits per heavy atom. The number of rotatable bonds is 4. The van der Waals surface area contributed by atoms with Gasteiger partial charge in [-0.2, -0.15) is 0 Å². The highest BCUT2D eigenvalue weighted by Crippen LogP contribution is 2.21. The second kappa shape index (κ2) is 6.84. The molecule has 0 radical (unpaired) electrons. The number of hydrogen-bond acceptors (Lipinski definition) is 3. The third-order valence-corrected chi connectivity index (χ3v) is 4.39. The van der Waals surface area contributed by atoms with Crippen LogP contribution in [0, 0.1) is 0 Å². The number of nitrogens with one attached hydrogen (secondary N) is 1. The molecule has 0 aliphatic carbocycles. The lowest BCUT2D eigenvalue weighted by molar-refractivity contribution is -0.117. The topological polar surface area (TPSA) is 67.2 Å². The van der Waals surface area contributed by atoms with Crippen LogP contribution in [0.3, 0.4) is 0 Å². The number of anilines is 1. The van der Waals surface area contributed by atoms with Crippen molar-refractivity contribution >= 4 is 34.6 Å². The van der Waals surface area contributed by atoms with Crippen LogP contribution in [0.5, 0.6) is 0 Å². The Hall–Kier alpha value is -3.41. The molecule has 130 valence electrons. The van der Waals surface area contributed by atoms with Gasteiger partial charge in [0, 0.05) is 24.7 Å². The van der Waals surface area contributed by atoms with Crippen molar-refractivity contribution in [3.8, 4) is 0 Å². The Bertz CT molecular complexity index is 988. The summed E-state index contributed by atoms with van der Waals surface area (Å²) in [6.45, 7) is 0.773. The molecule has 2 amide bonds. The SMILES string of the molecule is O=C(/C=C/c1ccc(N2CCCC2=O)cc1)Nn1cnc2ccccc21. The van der Waals surface area contributed by atoms with E-state index in [0.29, 0.717) is 6.42 Å². The maximum Gasteiger partial charge on any atom is 0.262 e. The minimum absolute atomic E-state index is 0.167. The molecule has 1 N–H and O–H groups in total. The largest absolute Gasteiger partial charge is 0.312 e. The van der Waals surface area contributed by atoms with Gasteiger partial charge in [0.1, 0.15) is 6.33 Å². The van der Waals surface area contributed by atoms with Crippen LogP contribution in [-0.4, -0.2) is 28.0 Å². The quantitative estimate of drug-likeness (QED) is 0.739. The molecule has 1 aromatic heterocycles. The highest BCUT2D eigenvalue weighted by atomic mass is 16.2. The van der Waals surface area contributed by atoms with Crippen LogP contribution in [0.2, 0.25) is 0 Å². The number of benzene rings is 2. The third kappa shape index (κ3) is 3.21. The van der Waals surface area contributed by atoms with E-state index >= 15 is 0 Å². The first-order chi connectivity index (χ1) is 12.7. The second-order valence-corrected chi connectivity index (χ2v) is 6.15. The van der Waals surface area contributed by atoms with Gasteiger partial charge in [-0.05, 0) is 42.3 Å². The van der Waals surface area contributed by atoms with Gasteiger partial charge < -0.3 is 4.90 Å². The van der Waals surface area contributed by atoms with Gasteiger partial charge in [0.2, 0.25) is 5.91 Å². The maximum absolute atomic E-state index is 12.1. The lowest BCUT2D eigenvalue weighted by atomic mass is 10.2. The minimum Gasteiger partial charge on any atom is -0.312 e. The smallest absolute Gasteiger partial charge is 0.262 e. The molecule has 0 atom stereocenters. The summed E-state index contributed by atoms with van der Waals surface area (Å²) >= 11 is 0. The fourth-order valence-electron chi connectivity index (χ4n) is 3.06. The van der Waals surface area contributed by atoms with Crippen molar-refractivity contribution in [2.45, 2.75) is 12.8 Å². The molecule has 0 unspecified atom stereocenters. The van der Waals surface area contributed by atoms with Crippen molar-refractivity contribution in [1.82, 2.24) is 9.66 Å². The molecule has 6 heteroatoms. The maximum atomic E-state index is 12.1. The fourth-order valence-corrected chi connectivity index (χ4v) is 3.06. The van der Waals surface area contributed by atoms with Crippen molar-refractivity contribution < 1.29 is 9.59 Å². The molecule has 0 bridgehead atoms. The van der Waals surface area contributed by atoms with Crippen molar-refractivity contribution in [3.63, 3.8) is 0 Å². The molecular formula is C20H18N4O2. The van der Waals surface area contributed by atoms with Crippen molar-refractivity contribution in [2.75, 3.05) is 16.9 Å². The number of hydrogen-bond donors (Lipinski definition) is 1. The summed E-state index contributed by atoms with van der Waals surface area (Å²) in [6.07, 6.45) is 6.32. The monoisotopic (exact) mass is 346 g/mol. The first kappa shape index (κ1) is 16.1. The van der Waals surface area contributed by atoms with E-state index in [-0.39, 0.29) is 11.8 Å². The first-order valence-corrected chi connectivity index (χ1v) is 8.52. The van der Waals surface area contributed by atoms with E-state index in [1.807, 2.05) is 48.5 Å². The summed E-state index contributed by atoms with van der Waals surface area (Å²) in [6, 6.07) is 15.2. The van der Waals surface area contributed by atoms with Crippen LogP contribution in [0.15, 0.2) is 60.9 Å². The summed E-state index contributed by atoms with van der Waals surface area (Å²) < 4.78 is 1.60. The molecular weight excluding hydrogens is 328 g/mol. The number of carbonyl (C=O) groups is 2. The van der Waals surface area contributed by atoms with Crippen LogP contribution in [0.1, 0.15) is 18.4 Å². The zero-order valence-corrected chi connectivity index (χ0v) is 14.1. The van der Waals surface area contributed by atoms with Crippen LogP contribution >= 0.6 is 0 Å². The fraction of sp³-hybridized carbons (Fsp3) is 0.150. The summed E-state index contributed by atoms with van der Waals surface area (Å²) in [4.78, 5) is 29.9. The molecule has 3 aromatic rings. The normalized spacial score (nSPS) is 14.5. The molecule has 26 heavy (non-hydrogen) atoms. The van der Waals surface area contributed by atoms with Crippen LogP contribution < -0.4 is 10.3 Å². The van der Waals surface area contributed by atoms with Crippen LogP contribution in [-0.2, 0) is 9.59 Å².